The van der Waals surface area contributed by atoms with Crippen molar-refractivity contribution in [2.75, 3.05) is 20.5 Å². The number of hydrogen-bond donors (Lipinski definition) is 0. The first-order chi connectivity index (χ1) is 15.1. The van der Waals surface area contributed by atoms with Crippen LogP contribution in [-0.2, 0) is 6.54 Å². The van der Waals surface area contributed by atoms with Crippen molar-refractivity contribution in [2.24, 2.45) is 0 Å². The van der Waals surface area contributed by atoms with Crippen molar-refractivity contribution >= 4 is 11.8 Å². The summed E-state index contributed by atoms with van der Waals surface area (Å²) in [4.78, 5) is 17.9. The summed E-state index contributed by atoms with van der Waals surface area (Å²) < 4.78 is 17.3. The molecule has 158 valence electrons. The summed E-state index contributed by atoms with van der Waals surface area (Å²) in [6.45, 7) is 0.0653. The van der Waals surface area contributed by atoms with Crippen LogP contribution in [0.25, 0.3) is 22.6 Å². The molecular formula is C22H20N4O4S. The summed E-state index contributed by atoms with van der Waals surface area (Å²) >= 11 is 1.66. The zero-order valence-electron chi connectivity index (χ0n) is 17.2. The van der Waals surface area contributed by atoms with Crippen molar-refractivity contribution in [3.63, 3.8) is 0 Å². The molecule has 0 amide bonds. The molecule has 0 fully saturated rings. The third-order valence-electron chi connectivity index (χ3n) is 4.65. The molecule has 9 heteroatoms. The van der Waals surface area contributed by atoms with E-state index in [-0.39, 0.29) is 12.1 Å². The van der Waals surface area contributed by atoms with Crippen LogP contribution in [-0.4, -0.2) is 40.4 Å². The third-order valence-corrected chi connectivity index (χ3v) is 5.39. The van der Waals surface area contributed by atoms with Crippen molar-refractivity contribution in [1.82, 2.24) is 19.9 Å². The molecule has 0 aliphatic heterocycles. The Morgan fingerprint density at radius 1 is 0.968 bits per heavy atom. The molecule has 31 heavy (non-hydrogen) atoms. The fourth-order valence-corrected chi connectivity index (χ4v) is 3.42. The highest BCUT2D eigenvalue weighted by molar-refractivity contribution is 7.98. The van der Waals surface area contributed by atoms with E-state index in [1.54, 1.807) is 44.2 Å². The number of thioether (sulfide) groups is 1. The van der Waals surface area contributed by atoms with Crippen LogP contribution in [0.1, 0.15) is 5.89 Å². The van der Waals surface area contributed by atoms with Crippen molar-refractivity contribution in [3.05, 3.63) is 70.8 Å². The summed E-state index contributed by atoms with van der Waals surface area (Å²) in [5, 5.41) is 8.47. The molecule has 0 aliphatic rings. The summed E-state index contributed by atoms with van der Waals surface area (Å²) in [5.41, 5.74) is 1.96. The SMILES string of the molecule is COc1ccc(-c2ccc(=O)n(Cc3nc(-c4ccc(SC)cc4)no3)n2)cc1OC. The van der Waals surface area contributed by atoms with Crippen LogP contribution < -0.4 is 15.0 Å². The van der Waals surface area contributed by atoms with Crippen LogP contribution in [0.5, 0.6) is 11.5 Å². The number of aromatic nitrogens is 4. The van der Waals surface area contributed by atoms with Gasteiger partial charge in [0.05, 0.1) is 19.9 Å². The Kier molecular flexibility index (Phi) is 6.03. The van der Waals surface area contributed by atoms with E-state index in [9.17, 15) is 4.79 Å². The van der Waals surface area contributed by atoms with Gasteiger partial charge in [-0.2, -0.15) is 10.1 Å². The van der Waals surface area contributed by atoms with Gasteiger partial charge in [0.1, 0.15) is 6.54 Å². The summed E-state index contributed by atoms with van der Waals surface area (Å²) in [5.74, 6) is 1.95. The van der Waals surface area contributed by atoms with Crippen molar-refractivity contribution in [1.29, 1.82) is 0 Å². The number of nitrogens with zero attached hydrogens (tertiary/aromatic N) is 4. The maximum Gasteiger partial charge on any atom is 0.267 e. The minimum Gasteiger partial charge on any atom is -0.493 e. The van der Waals surface area contributed by atoms with Crippen molar-refractivity contribution in [3.8, 4) is 34.1 Å². The Morgan fingerprint density at radius 2 is 1.71 bits per heavy atom. The first-order valence-corrected chi connectivity index (χ1v) is 10.6. The van der Waals surface area contributed by atoms with Crippen LogP contribution in [0.4, 0.5) is 0 Å². The Bertz CT molecular complexity index is 1250. The number of benzene rings is 2. The largest absolute Gasteiger partial charge is 0.493 e. The van der Waals surface area contributed by atoms with Crippen LogP contribution in [0.2, 0.25) is 0 Å². The molecule has 0 atom stereocenters. The van der Waals surface area contributed by atoms with Crippen LogP contribution in [0.15, 0.2) is 68.8 Å². The molecular weight excluding hydrogens is 416 g/mol. The van der Waals surface area contributed by atoms with Gasteiger partial charge in [-0.3, -0.25) is 4.79 Å². The molecule has 4 rings (SSSR count). The molecule has 0 unspecified atom stereocenters. The average molecular weight is 436 g/mol. The summed E-state index contributed by atoms with van der Waals surface area (Å²) in [6.07, 6.45) is 2.02. The van der Waals surface area contributed by atoms with E-state index in [0.717, 1.165) is 16.0 Å². The van der Waals surface area contributed by atoms with E-state index < -0.39 is 0 Å². The van der Waals surface area contributed by atoms with E-state index in [0.29, 0.717) is 28.9 Å². The molecule has 2 heterocycles. The molecule has 8 nitrogen and oxygen atoms in total. The lowest BCUT2D eigenvalue weighted by Gasteiger charge is -2.10. The van der Waals surface area contributed by atoms with Gasteiger partial charge in [-0.1, -0.05) is 5.16 Å². The quantitative estimate of drug-likeness (QED) is 0.405. The number of methoxy groups -OCH3 is 2. The van der Waals surface area contributed by atoms with E-state index in [1.807, 2.05) is 36.6 Å². The third kappa shape index (κ3) is 4.46. The highest BCUT2D eigenvalue weighted by Crippen LogP contribution is 2.31. The number of hydrogen-bond acceptors (Lipinski definition) is 8. The first-order valence-electron chi connectivity index (χ1n) is 9.39. The molecule has 0 saturated heterocycles. The Morgan fingerprint density at radius 3 is 2.42 bits per heavy atom. The predicted molar refractivity (Wildman–Crippen MR) is 118 cm³/mol. The zero-order valence-corrected chi connectivity index (χ0v) is 18.0. The molecule has 0 bridgehead atoms. The second kappa shape index (κ2) is 9.05. The standard InChI is InChI=1S/C22H20N4O4S/c1-28-18-10-6-15(12-19(18)29-2)17-9-11-21(27)26(24-17)13-20-23-22(25-30-20)14-4-7-16(31-3)8-5-14/h4-12H,13H2,1-3H3. The van der Waals surface area contributed by atoms with Gasteiger partial charge in [-0.25, -0.2) is 4.68 Å². The van der Waals surface area contributed by atoms with E-state index >= 15 is 0 Å². The van der Waals surface area contributed by atoms with Gasteiger partial charge in [0, 0.05) is 22.1 Å². The Hall–Kier alpha value is -3.59. The Labute approximate surface area is 182 Å². The molecule has 0 saturated carbocycles. The minimum absolute atomic E-state index is 0.0653. The first kappa shape index (κ1) is 20.7. The smallest absolute Gasteiger partial charge is 0.267 e. The fraction of sp³-hybridized carbons (Fsp3) is 0.182. The van der Waals surface area contributed by atoms with Gasteiger partial charge < -0.3 is 14.0 Å². The summed E-state index contributed by atoms with van der Waals surface area (Å²) in [6, 6.07) is 16.4. The van der Waals surface area contributed by atoms with E-state index in [1.165, 1.54) is 10.7 Å². The van der Waals surface area contributed by atoms with Gasteiger partial charge in [0.15, 0.2) is 11.5 Å². The lowest BCUT2D eigenvalue weighted by Crippen LogP contribution is -2.23. The molecule has 0 radical (unpaired) electrons. The molecule has 0 N–H and O–H groups in total. The van der Waals surface area contributed by atoms with Gasteiger partial charge in [0.2, 0.25) is 11.7 Å². The molecule has 0 spiro atoms. The maximum absolute atomic E-state index is 12.3. The number of rotatable bonds is 7. The second-order valence-corrected chi connectivity index (χ2v) is 7.40. The molecule has 2 aromatic carbocycles. The van der Waals surface area contributed by atoms with Gasteiger partial charge >= 0.3 is 0 Å². The van der Waals surface area contributed by atoms with Crippen LogP contribution in [0, 0.1) is 0 Å². The average Bonchev–Trinajstić information content (AvgIpc) is 3.28. The lowest BCUT2D eigenvalue weighted by atomic mass is 10.1. The van der Waals surface area contributed by atoms with Gasteiger partial charge in [-0.15, -0.1) is 11.8 Å². The van der Waals surface area contributed by atoms with Crippen LogP contribution >= 0.6 is 11.8 Å². The molecule has 2 aromatic heterocycles. The van der Waals surface area contributed by atoms with Crippen molar-refractivity contribution < 1.29 is 14.0 Å². The topological polar surface area (TPSA) is 92.3 Å². The molecule has 4 aromatic rings. The summed E-state index contributed by atoms with van der Waals surface area (Å²) in [7, 11) is 3.14. The highest BCUT2D eigenvalue weighted by atomic mass is 32.2. The lowest BCUT2D eigenvalue weighted by molar-refractivity contribution is 0.355. The Balaban J connectivity index is 1.60. The minimum atomic E-state index is -0.270. The fourth-order valence-electron chi connectivity index (χ4n) is 3.02. The van der Waals surface area contributed by atoms with Gasteiger partial charge in [0.25, 0.3) is 5.56 Å². The normalized spacial score (nSPS) is 10.8. The highest BCUT2D eigenvalue weighted by Gasteiger charge is 2.13. The van der Waals surface area contributed by atoms with Crippen molar-refractivity contribution in [2.45, 2.75) is 11.4 Å². The zero-order chi connectivity index (χ0) is 21.8. The second-order valence-electron chi connectivity index (χ2n) is 6.52. The monoisotopic (exact) mass is 436 g/mol. The van der Waals surface area contributed by atoms with Gasteiger partial charge in [-0.05, 0) is 54.8 Å². The van der Waals surface area contributed by atoms with E-state index in [2.05, 4.69) is 15.2 Å². The molecule has 0 aliphatic carbocycles. The maximum atomic E-state index is 12.3. The predicted octanol–water partition coefficient (Wildman–Crippen LogP) is 3.75. The van der Waals surface area contributed by atoms with E-state index in [4.69, 9.17) is 14.0 Å². The van der Waals surface area contributed by atoms with Crippen LogP contribution in [0.3, 0.4) is 0 Å². The number of ether oxygens (including phenoxy) is 2.